The summed E-state index contributed by atoms with van der Waals surface area (Å²) in [6.07, 6.45) is 2.71. The van der Waals surface area contributed by atoms with Crippen LogP contribution in [0.25, 0.3) is 0 Å². The summed E-state index contributed by atoms with van der Waals surface area (Å²) in [7, 11) is 0.240. The maximum absolute atomic E-state index is 12.5. The summed E-state index contributed by atoms with van der Waals surface area (Å²) in [4.78, 5) is 0.422. The molecule has 1 fully saturated rings. The van der Waals surface area contributed by atoms with Gasteiger partial charge in [0.15, 0.2) is 9.84 Å². The minimum Gasteiger partial charge on any atom is -0.384 e. The van der Waals surface area contributed by atoms with Gasteiger partial charge in [0.2, 0.25) is 0 Å². The van der Waals surface area contributed by atoms with Crippen molar-refractivity contribution in [3.05, 3.63) is 30.3 Å². The van der Waals surface area contributed by atoms with Crippen LogP contribution in [0.2, 0.25) is 0 Å². The lowest BCUT2D eigenvalue weighted by molar-refractivity contribution is 0.0106. The first-order chi connectivity index (χ1) is 10.9. The summed E-state index contributed by atoms with van der Waals surface area (Å²) in [6.45, 7) is 3.56. The van der Waals surface area contributed by atoms with Gasteiger partial charge in [0.25, 0.3) is 0 Å². The predicted molar refractivity (Wildman–Crippen MR) is 91.2 cm³/mol. The Bertz CT molecular complexity index is 576. The van der Waals surface area contributed by atoms with Gasteiger partial charge in [-0.3, -0.25) is 0 Å². The molecule has 5 heteroatoms. The lowest BCUT2D eigenvalue weighted by Gasteiger charge is -2.27. The number of benzene rings is 1. The zero-order valence-corrected chi connectivity index (χ0v) is 15.1. The van der Waals surface area contributed by atoms with E-state index in [0.29, 0.717) is 36.4 Å². The van der Waals surface area contributed by atoms with Crippen molar-refractivity contribution >= 4 is 9.84 Å². The highest BCUT2D eigenvalue weighted by Gasteiger charge is 2.43. The Balaban J connectivity index is 2.01. The minimum absolute atomic E-state index is 0.0318. The molecule has 0 amide bonds. The Kier molecular flexibility index (Phi) is 6.23. The van der Waals surface area contributed by atoms with Gasteiger partial charge in [0.1, 0.15) is 0 Å². The van der Waals surface area contributed by atoms with Crippen LogP contribution in [0.5, 0.6) is 0 Å². The molecule has 2 atom stereocenters. The van der Waals surface area contributed by atoms with Gasteiger partial charge in [0, 0.05) is 19.6 Å². The van der Waals surface area contributed by atoms with Crippen LogP contribution in [0.1, 0.15) is 26.2 Å². The Labute approximate surface area is 140 Å². The van der Waals surface area contributed by atoms with Crippen molar-refractivity contribution in [3.63, 3.8) is 0 Å². The smallest absolute Gasteiger partial charge is 0.178 e. The van der Waals surface area contributed by atoms with Gasteiger partial charge < -0.3 is 9.47 Å². The molecule has 4 nitrogen and oxygen atoms in total. The van der Waals surface area contributed by atoms with Crippen LogP contribution in [0, 0.1) is 17.3 Å². The van der Waals surface area contributed by atoms with Crippen LogP contribution in [0.15, 0.2) is 35.2 Å². The number of sulfone groups is 1. The molecule has 0 aromatic heterocycles. The third kappa shape index (κ3) is 4.55. The number of hydrogen-bond acceptors (Lipinski definition) is 4. The Morgan fingerprint density at radius 3 is 2.26 bits per heavy atom. The highest BCUT2D eigenvalue weighted by Crippen LogP contribution is 2.47. The van der Waals surface area contributed by atoms with Gasteiger partial charge in [-0.1, -0.05) is 25.1 Å². The monoisotopic (exact) mass is 340 g/mol. The molecule has 0 saturated heterocycles. The first kappa shape index (κ1) is 18.4. The summed E-state index contributed by atoms with van der Waals surface area (Å²) in [5.41, 5.74) is 0.0318. The Morgan fingerprint density at radius 2 is 1.70 bits per heavy atom. The van der Waals surface area contributed by atoms with E-state index in [-0.39, 0.29) is 11.2 Å². The number of hydrogen-bond donors (Lipinski definition) is 0. The van der Waals surface area contributed by atoms with Crippen molar-refractivity contribution in [1.82, 2.24) is 0 Å². The van der Waals surface area contributed by atoms with Crippen molar-refractivity contribution in [3.8, 4) is 0 Å². The standard InChI is InChI=1S/C18H28O4S/c1-15-11-18(13-21-2,14-22-3)12-16(15)9-10-23(19,20)17-7-5-4-6-8-17/h4-8,15-16H,9-14H2,1-3H3/t15-,16-/m0/s1. The molecule has 0 radical (unpaired) electrons. The average molecular weight is 340 g/mol. The highest BCUT2D eigenvalue weighted by atomic mass is 32.2. The van der Waals surface area contributed by atoms with Crippen molar-refractivity contribution in [1.29, 1.82) is 0 Å². The largest absolute Gasteiger partial charge is 0.384 e. The van der Waals surface area contributed by atoms with Crippen molar-refractivity contribution in [2.45, 2.75) is 31.1 Å². The van der Waals surface area contributed by atoms with E-state index >= 15 is 0 Å². The summed E-state index contributed by atoms with van der Waals surface area (Å²) >= 11 is 0. The van der Waals surface area contributed by atoms with E-state index < -0.39 is 9.84 Å². The molecule has 1 aromatic rings. The maximum atomic E-state index is 12.5. The quantitative estimate of drug-likeness (QED) is 0.729. The molecule has 2 rings (SSSR count). The number of rotatable bonds is 8. The van der Waals surface area contributed by atoms with Crippen molar-refractivity contribution in [2.75, 3.05) is 33.2 Å². The molecule has 0 spiro atoms. The Hall–Kier alpha value is -0.910. The van der Waals surface area contributed by atoms with Gasteiger partial charge in [-0.15, -0.1) is 0 Å². The van der Waals surface area contributed by atoms with Crippen LogP contribution in [-0.2, 0) is 19.3 Å². The minimum atomic E-state index is -3.20. The third-order valence-electron chi connectivity index (χ3n) is 5.02. The molecule has 130 valence electrons. The molecule has 1 aliphatic carbocycles. The number of ether oxygens (including phenoxy) is 2. The predicted octanol–water partition coefficient (Wildman–Crippen LogP) is 3.18. The van der Waals surface area contributed by atoms with E-state index in [0.717, 1.165) is 12.8 Å². The van der Waals surface area contributed by atoms with E-state index in [1.165, 1.54) is 0 Å². The molecule has 0 unspecified atom stereocenters. The van der Waals surface area contributed by atoms with Crippen LogP contribution >= 0.6 is 0 Å². The molecule has 1 aliphatic rings. The van der Waals surface area contributed by atoms with E-state index in [1.54, 1.807) is 38.5 Å². The van der Waals surface area contributed by atoms with E-state index in [1.807, 2.05) is 6.07 Å². The summed E-state index contributed by atoms with van der Waals surface area (Å²) in [6, 6.07) is 8.73. The molecule has 0 heterocycles. The second-order valence-electron chi connectivity index (χ2n) is 6.93. The van der Waals surface area contributed by atoms with Gasteiger partial charge in [-0.05, 0) is 43.2 Å². The van der Waals surface area contributed by atoms with Crippen LogP contribution in [-0.4, -0.2) is 41.6 Å². The Morgan fingerprint density at radius 1 is 1.09 bits per heavy atom. The van der Waals surface area contributed by atoms with Gasteiger partial charge in [0.05, 0.1) is 23.9 Å². The third-order valence-corrected chi connectivity index (χ3v) is 6.78. The summed E-state index contributed by atoms with van der Waals surface area (Å²) < 4.78 is 35.7. The first-order valence-corrected chi connectivity index (χ1v) is 9.83. The molecule has 1 aromatic carbocycles. The van der Waals surface area contributed by atoms with Crippen LogP contribution in [0.3, 0.4) is 0 Å². The second kappa shape index (κ2) is 7.77. The SMILES string of the molecule is COCC1(COC)C[C@H](CCS(=O)(=O)c2ccccc2)[C@@H](C)C1. The molecule has 1 saturated carbocycles. The van der Waals surface area contributed by atoms with Crippen molar-refractivity contribution in [2.24, 2.45) is 17.3 Å². The normalized spacial score (nSPS) is 24.0. The fourth-order valence-corrected chi connectivity index (χ4v) is 5.44. The molecular weight excluding hydrogens is 312 g/mol. The highest BCUT2D eigenvalue weighted by molar-refractivity contribution is 7.91. The molecular formula is C18H28O4S. The van der Waals surface area contributed by atoms with Gasteiger partial charge >= 0.3 is 0 Å². The lowest BCUT2D eigenvalue weighted by atomic mass is 9.86. The zero-order valence-electron chi connectivity index (χ0n) is 14.3. The lowest BCUT2D eigenvalue weighted by Crippen LogP contribution is -2.29. The average Bonchev–Trinajstić information content (AvgIpc) is 2.83. The fraction of sp³-hybridized carbons (Fsp3) is 0.667. The molecule has 0 aliphatic heterocycles. The number of methoxy groups -OCH3 is 2. The van der Waals surface area contributed by atoms with Crippen LogP contribution < -0.4 is 0 Å². The second-order valence-corrected chi connectivity index (χ2v) is 9.04. The summed E-state index contributed by atoms with van der Waals surface area (Å²) in [5.74, 6) is 1.10. The van der Waals surface area contributed by atoms with Gasteiger partial charge in [-0.25, -0.2) is 8.42 Å². The van der Waals surface area contributed by atoms with Crippen molar-refractivity contribution < 1.29 is 17.9 Å². The maximum Gasteiger partial charge on any atom is 0.178 e. The summed E-state index contributed by atoms with van der Waals surface area (Å²) in [5, 5.41) is 0. The topological polar surface area (TPSA) is 52.6 Å². The molecule has 23 heavy (non-hydrogen) atoms. The fourth-order valence-electron chi connectivity index (χ4n) is 4.02. The van der Waals surface area contributed by atoms with E-state index in [4.69, 9.17) is 9.47 Å². The first-order valence-electron chi connectivity index (χ1n) is 8.18. The zero-order chi connectivity index (χ0) is 16.9. The van der Waals surface area contributed by atoms with Crippen LogP contribution in [0.4, 0.5) is 0 Å². The molecule has 0 bridgehead atoms. The van der Waals surface area contributed by atoms with Gasteiger partial charge in [-0.2, -0.15) is 0 Å². The van der Waals surface area contributed by atoms with E-state index in [9.17, 15) is 8.42 Å². The van der Waals surface area contributed by atoms with E-state index in [2.05, 4.69) is 6.92 Å². The molecule has 0 N–H and O–H groups in total.